The van der Waals surface area contributed by atoms with Crippen LogP contribution < -0.4 is 16.0 Å². The van der Waals surface area contributed by atoms with E-state index in [0.29, 0.717) is 17.6 Å². The molecule has 30 heavy (non-hydrogen) atoms. The second-order valence-electron chi connectivity index (χ2n) is 7.38. The summed E-state index contributed by atoms with van der Waals surface area (Å²) in [5, 5.41) is 11.2. The molecule has 9 heteroatoms. The lowest BCUT2D eigenvalue weighted by Crippen LogP contribution is -2.50. The summed E-state index contributed by atoms with van der Waals surface area (Å²) in [6.07, 6.45) is 4.81. The van der Waals surface area contributed by atoms with Crippen LogP contribution in [0.5, 0.6) is 0 Å². The van der Waals surface area contributed by atoms with E-state index in [1.54, 1.807) is 13.1 Å². The highest BCUT2D eigenvalue weighted by Crippen LogP contribution is 2.21. The maximum Gasteiger partial charge on any atom is 0.234 e. The number of halogens is 3. The first-order valence-electron chi connectivity index (χ1n) is 10.4. The zero-order chi connectivity index (χ0) is 21.1. The van der Waals surface area contributed by atoms with Crippen LogP contribution in [0.3, 0.4) is 0 Å². The first kappa shape index (κ1) is 27.3. The molecule has 1 aliphatic heterocycles. The van der Waals surface area contributed by atoms with Gasteiger partial charge in [-0.3, -0.25) is 14.7 Å². The van der Waals surface area contributed by atoms with E-state index in [4.69, 9.17) is 23.2 Å². The molecule has 1 aromatic carbocycles. The Bertz CT molecular complexity index is 681. The van der Waals surface area contributed by atoms with Crippen LogP contribution in [0.1, 0.15) is 38.2 Å². The van der Waals surface area contributed by atoms with Crippen LogP contribution >= 0.6 is 47.2 Å². The van der Waals surface area contributed by atoms with Crippen molar-refractivity contribution in [3.63, 3.8) is 0 Å². The third-order valence-corrected chi connectivity index (χ3v) is 5.61. The Balaban J connectivity index is 0.00000450. The van der Waals surface area contributed by atoms with Crippen molar-refractivity contribution in [1.82, 2.24) is 20.9 Å². The molecule has 1 fully saturated rings. The number of likely N-dealkylation sites (tertiary alicyclic amines) is 1. The van der Waals surface area contributed by atoms with Crippen molar-refractivity contribution in [2.24, 2.45) is 4.99 Å². The molecule has 0 unspecified atom stereocenters. The number of piperidine rings is 1. The highest BCUT2D eigenvalue weighted by Gasteiger charge is 2.21. The van der Waals surface area contributed by atoms with E-state index in [1.807, 2.05) is 12.1 Å². The molecule has 1 aliphatic rings. The van der Waals surface area contributed by atoms with Crippen molar-refractivity contribution in [3.05, 3.63) is 33.8 Å². The number of hydrogen-bond acceptors (Lipinski definition) is 3. The molecular weight excluding hydrogens is 536 g/mol. The van der Waals surface area contributed by atoms with E-state index in [1.165, 1.54) is 0 Å². The molecular formula is C21H34Cl2IN5O. The standard InChI is InChI=1S/C21H33Cl2N5O.HI/c1-3-10-25-20(29)15-28-12-8-18(9-13-28)27-21(24-2)26-11-4-5-16-6-7-17(22)14-19(16)23;/h6-7,14,18H,3-5,8-13,15H2,1-2H3,(H,25,29)(H2,24,26,27);1H. The summed E-state index contributed by atoms with van der Waals surface area (Å²) in [4.78, 5) is 18.4. The molecule has 0 bridgehead atoms. The van der Waals surface area contributed by atoms with Crippen molar-refractivity contribution in [2.75, 3.05) is 39.8 Å². The number of carbonyl (C=O) groups is 1. The van der Waals surface area contributed by atoms with Gasteiger partial charge in [0, 0.05) is 49.3 Å². The number of aliphatic imine (C=N–C) groups is 1. The van der Waals surface area contributed by atoms with Gasteiger partial charge in [0.25, 0.3) is 0 Å². The number of guanidine groups is 1. The molecule has 1 aromatic rings. The third kappa shape index (κ3) is 10.0. The normalized spacial score (nSPS) is 15.4. The summed E-state index contributed by atoms with van der Waals surface area (Å²) in [7, 11) is 1.79. The molecule has 6 nitrogen and oxygen atoms in total. The Kier molecular flexibility index (Phi) is 13.7. The molecule has 1 amide bonds. The largest absolute Gasteiger partial charge is 0.356 e. The average molecular weight is 570 g/mol. The predicted molar refractivity (Wildman–Crippen MR) is 137 cm³/mol. The number of benzene rings is 1. The zero-order valence-electron chi connectivity index (χ0n) is 17.8. The summed E-state index contributed by atoms with van der Waals surface area (Å²) < 4.78 is 0. The summed E-state index contributed by atoms with van der Waals surface area (Å²) in [5.41, 5.74) is 1.11. The van der Waals surface area contributed by atoms with Gasteiger partial charge in [-0.2, -0.15) is 0 Å². The van der Waals surface area contributed by atoms with E-state index in [9.17, 15) is 4.79 Å². The van der Waals surface area contributed by atoms with Gasteiger partial charge >= 0.3 is 0 Å². The van der Waals surface area contributed by atoms with Crippen LogP contribution in [-0.2, 0) is 11.2 Å². The molecule has 0 aliphatic carbocycles. The van der Waals surface area contributed by atoms with Gasteiger partial charge in [-0.1, -0.05) is 36.2 Å². The van der Waals surface area contributed by atoms with Gasteiger partial charge in [0.2, 0.25) is 5.91 Å². The molecule has 3 N–H and O–H groups in total. The van der Waals surface area contributed by atoms with Crippen molar-refractivity contribution >= 4 is 59.0 Å². The van der Waals surface area contributed by atoms with Crippen LogP contribution in [0.2, 0.25) is 10.0 Å². The van der Waals surface area contributed by atoms with Crippen molar-refractivity contribution in [2.45, 2.75) is 45.1 Å². The maximum atomic E-state index is 11.9. The van der Waals surface area contributed by atoms with E-state index in [0.717, 1.165) is 74.8 Å². The minimum atomic E-state index is 0. The van der Waals surface area contributed by atoms with Crippen LogP contribution in [0, 0.1) is 0 Å². The fraction of sp³-hybridized carbons (Fsp3) is 0.619. The monoisotopic (exact) mass is 569 g/mol. The number of nitrogens with one attached hydrogen (secondary N) is 3. The van der Waals surface area contributed by atoms with Crippen molar-refractivity contribution < 1.29 is 4.79 Å². The number of hydrogen-bond donors (Lipinski definition) is 3. The molecule has 2 rings (SSSR count). The molecule has 0 radical (unpaired) electrons. The van der Waals surface area contributed by atoms with Crippen LogP contribution in [0.25, 0.3) is 0 Å². The fourth-order valence-corrected chi connectivity index (χ4v) is 3.86. The van der Waals surface area contributed by atoms with Gasteiger partial charge in [-0.05, 0) is 49.8 Å². The average Bonchev–Trinajstić information content (AvgIpc) is 2.71. The number of aryl methyl sites for hydroxylation is 1. The van der Waals surface area contributed by atoms with Crippen molar-refractivity contribution in [1.29, 1.82) is 0 Å². The number of amides is 1. The van der Waals surface area contributed by atoms with Gasteiger partial charge < -0.3 is 16.0 Å². The molecule has 1 saturated heterocycles. The molecule has 0 saturated carbocycles. The zero-order valence-corrected chi connectivity index (χ0v) is 21.7. The lowest BCUT2D eigenvalue weighted by Gasteiger charge is -2.32. The first-order valence-corrected chi connectivity index (χ1v) is 11.2. The van der Waals surface area contributed by atoms with Gasteiger partial charge in [0.15, 0.2) is 5.96 Å². The third-order valence-electron chi connectivity index (χ3n) is 5.02. The lowest BCUT2D eigenvalue weighted by molar-refractivity contribution is -0.122. The summed E-state index contributed by atoms with van der Waals surface area (Å²) in [6.45, 7) is 5.96. The van der Waals surface area contributed by atoms with E-state index in [2.05, 4.69) is 32.8 Å². The highest BCUT2D eigenvalue weighted by molar-refractivity contribution is 14.0. The van der Waals surface area contributed by atoms with Crippen LogP contribution in [0.15, 0.2) is 23.2 Å². The predicted octanol–water partition coefficient (Wildman–Crippen LogP) is 3.70. The molecule has 0 spiro atoms. The van der Waals surface area contributed by atoms with E-state index >= 15 is 0 Å². The number of carbonyl (C=O) groups excluding carboxylic acids is 1. The Labute approximate surface area is 207 Å². The molecule has 0 atom stereocenters. The molecule has 0 aromatic heterocycles. The lowest BCUT2D eigenvalue weighted by atomic mass is 10.1. The topological polar surface area (TPSA) is 68.8 Å². The number of rotatable bonds is 9. The van der Waals surface area contributed by atoms with Crippen LogP contribution in [-0.4, -0.2) is 62.6 Å². The SMILES string of the molecule is CCCNC(=O)CN1CCC(NC(=NC)NCCCc2ccc(Cl)cc2Cl)CC1.I. The Morgan fingerprint density at radius 1 is 1.20 bits per heavy atom. The minimum Gasteiger partial charge on any atom is -0.356 e. The summed E-state index contributed by atoms with van der Waals surface area (Å²) in [6, 6.07) is 6.01. The van der Waals surface area contributed by atoms with Gasteiger partial charge in [-0.25, -0.2) is 0 Å². The Morgan fingerprint density at radius 3 is 2.57 bits per heavy atom. The Hall–Kier alpha value is -0.770. The highest BCUT2D eigenvalue weighted by atomic mass is 127. The van der Waals surface area contributed by atoms with Gasteiger partial charge in [-0.15, -0.1) is 24.0 Å². The van der Waals surface area contributed by atoms with Crippen LogP contribution in [0.4, 0.5) is 0 Å². The first-order chi connectivity index (χ1) is 14.0. The smallest absolute Gasteiger partial charge is 0.234 e. The second-order valence-corrected chi connectivity index (χ2v) is 8.23. The fourth-order valence-electron chi connectivity index (χ4n) is 3.36. The van der Waals surface area contributed by atoms with E-state index < -0.39 is 0 Å². The summed E-state index contributed by atoms with van der Waals surface area (Å²) in [5.74, 6) is 0.947. The van der Waals surface area contributed by atoms with Gasteiger partial charge in [0.1, 0.15) is 0 Å². The molecule has 1 heterocycles. The van der Waals surface area contributed by atoms with Gasteiger partial charge in [0.05, 0.1) is 6.54 Å². The van der Waals surface area contributed by atoms with Crippen molar-refractivity contribution in [3.8, 4) is 0 Å². The quantitative estimate of drug-likeness (QED) is 0.184. The summed E-state index contributed by atoms with van der Waals surface area (Å²) >= 11 is 12.2. The maximum absolute atomic E-state index is 11.9. The van der Waals surface area contributed by atoms with E-state index in [-0.39, 0.29) is 29.9 Å². The second kappa shape index (κ2) is 15.1. The number of nitrogens with zero attached hydrogens (tertiary/aromatic N) is 2. The minimum absolute atomic E-state index is 0. The molecule has 170 valence electrons. The Morgan fingerprint density at radius 2 is 1.93 bits per heavy atom.